The summed E-state index contributed by atoms with van der Waals surface area (Å²) in [7, 11) is 0. The molecule has 5 nitrogen and oxygen atoms in total. The van der Waals surface area contributed by atoms with Crippen LogP contribution in [-0.2, 0) is 5.60 Å². The van der Waals surface area contributed by atoms with Crippen molar-refractivity contribution >= 4 is 23.4 Å². The highest BCUT2D eigenvalue weighted by atomic mass is 35.5. The van der Waals surface area contributed by atoms with Crippen molar-refractivity contribution in [1.29, 1.82) is 0 Å². The molecule has 7 heteroatoms. The van der Waals surface area contributed by atoms with Crippen LogP contribution in [0, 0.1) is 5.92 Å². The van der Waals surface area contributed by atoms with E-state index in [9.17, 15) is 10.2 Å². The minimum Gasteiger partial charge on any atom is -0.433 e. The third kappa shape index (κ3) is 5.80. The summed E-state index contributed by atoms with van der Waals surface area (Å²) >= 11 is 7.56. The van der Waals surface area contributed by atoms with Gasteiger partial charge in [-0.25, -0.2) is 4.98 Å². The average Bonchev–Trinajstić information content (AvgIpc) is 3.18. The first-order valence-electron chi connectivity index (χ1n) is 11.4. The summed E-state index contributed by atoms with van der Waals surface area (Å²) in [6.45, 7) is 7.23. The molecule has 0 radical (unpaired) electrons. The van der Waals surface area contributed by atoms with E-state index in [-0.39, 0.29) is 5.92 Å². The summed E-state index contributed by atoms with van der Waals surface area (Å²) in [5, 5.41) is 22.0. The molecule has 2 N–H and O–H groups in total. The van der Waals surface area contributed by atoms with Gasteiger partial charge in [0.2, 0.25) is 0 Å². The number of nitrogens with zero attached hydrogens (tertiary/aromatic N) is 2. The van der Waals surface area contributed by atoms with Crippen LogP contribution in [0.2, 0.25) is 5.02 Å². The van der Waals surface area contributed by atoms with E-state index in [0.717, 1.165) is 52.8 Å². The highest BCUT2D eigenvalue weighted by Gasteiger charge is 2.34. The molecule has 0 atom stereocenters. The molecular weight excluding hydrogens is 456 g/mol. The van der Waals surface area contributed by atoms with Gasteiger partial charge in [0.05, 0.1) is 11.3 Å². The predicted molar refractivity (Wildman–Crippen MR) is 132 cm³/mol. The molecule has 1 aliphatic carbocycles. The quantitative estimate of drug-likeness (QED) is 0.398. The van der Waals surface area contributed by atoms with Crippen molar-refractivity contribution in [2.45, 2.75) is 80.5 Å². The maximum absolute atomic E-state index is 10.4. The molecule has 0 unspecified atom stereocenters. The number of aliphatic hydroxyl groups is 2. The zero-order valence-electron chi connectivity index (χ0n) is 19.5. The predicted octanol–water partition coefficient (Wildman–Crippen LogP) is 6.81. The fourth-order valence-corrected chi connectivity index (χ4v) is 5.30. The lowest BCUT2D eigenvalue weighted by Crippen LogP contribution is -2.33. The highest BCUT2D eigenvalue weighted by Crippen LogP contribution is 2.43. The van der Waals surface area contributed by atoms with E-state index in [1.807, 2.05) is 50.2 Å². The SMILES string of the molecule is CC(C)(O)c1ccc(-c2nc([C@H]3CC[C@H](C(C)(C)O)CC3)oc2Sc2ccc(Cl)cc2)cn1. The summed E-state index contributed by atoms with van der Waals surface area (Å²) in [4.78, 5) is 10.4. The lowest BCUT2D eigenvalue weighted by Gasteiger charge is -2.34. The smallest absolute Gasteiger partial charge is 0.199 e. The van der Waals surface area contributed by atoms with E-state index in [1.165, 1.54) is 11.8 Å². The molecule has 2 aromatic heterocycles. The zero-order valence-corrected chi connectivity index (χ0v) is 21.1. The summed E-state index contributed by atoms with van der Waals surface area (Å²) in [5.41, 5.74) is 0.541. The Balaban J connectivity index is 1.64. The van der Waals surface area contributed by atoms with Gasteiger partial charge in [-0.3, -0.25) is 4.98 Å². The Morgan fingerprint density at radius 1 is 0.970 bits per heavy atom. The van der Waals surface area contributed by atoms with Gasteiger partial charge >= 0.3 is 0 Å². The fraction of sp³-hybridized carbons (Fsp3) is 0.462. The molecule has 2 heterocycles. The van der Waals surface area contributed by atoms with E-state index >= 15 is 0 Å². The van der Waals surface area contributed by atoms with Crippen LogP contribution in [0.3, 0.4) is 0 Å². The summed E-state index contributed by atoms with van der Waals surface area (Å²) < 4.78 is 6.34. The molecule has 0 amide bonds. The molecule has 1 aromatic carbocycles. The average molecular weight is 487 g/mol. The number of hydrogen-bond acceptors (Lipinski definition) is 6. The molecule has 1 saturated carbocycles. The van der Waals surface area contributed by atoms with Crippen LogP contribution in [0.4, 0.5) is 0 Å². The molecule has 1 fully saturated rings. The Hall–Kier alpha value is -1.86. The second-order valence-corrected chi connectivity index (χ2v) is 11.4. The summed E-state index contributed by atoms with van der Waals surface area (Å²) in [6.07, 6.45) is 5.53. The Labute approximate surface area is 204 Å². The molecule has 0 spiro atoms. The first kappa shape index (κ1) is 24.3. The summed E-state index contributed by atoms with van der Waals surface area (Å²) in [5.74, 6) is 1.26. The van der Waals surface area contributed by atoms with Gasteiger partial charge in [0, 0.05) is 27.6 Å². The standard InChI is InChI=1S/C26H31ClN2O3S/c1-25(2,30)18-8-5-16(6-9-18)23-29-22(17-7-14-21(28-15-17)26(3,4)31)24(32-23)33-20-12-10-19(27)11-13-20/h7,10-16,18,30-31H,5-6,8-9H2,1-4H3/t16-,18-. The minimum atomic E-state index is -1.01. The Morgan fingerprint density at radius 3 is 2.18 bits per heavy atom. The molecule has 176 valence electrons. The topological polar surface area (TPSA) is 79.4 Å². The second-order valence-electron chi connectivity index (χ2n) is 9.94. The first-order chi connectivity index (χ1) is 15.5. The van der Waals surface area contributed by atoms with Crippen LogP contribution < -0.4 is 0 Å². The third-order valence-electron chi connectivity index (χ3n) is 6.38. The van der Waals surface area contributed by atoms with Crippen molar-refractivity contribution in [3.63, 3.8) is 0 Å². The fourth-order valence-electron chi connectivity index (χ4n) is 4.30. The monoisotopic (exact) mass is 486 g/mol. The molecule has 4 rings (SSSR count). The van der Waals surface area contributed by atoms with Crippen molar-refractivity contribution in [2.24, 2.45) is 5.92 Å². The first-order valence-corrected chi connectivity index (χ1v) is 12.6. The molecule has 3 aromatic rings. The maximum atomic E-state index is 10.4. The lowest BCUT2D eigenvalue weighted by molar-refractivity contribution is -0.00276. The Bertz CT molecular complexity index is 1070. The van der Waals surface area contributed by atoms with Crippen LogP contribution in [0.1, 0.15) is 70.9 Å². The number of halogens is 1. The van der Waals surface area contributed by atoms with Crippen LogP contribution in [0.15, 0.2) is 57.0 Å². The van der Waals surface area contributed by atoms with Crippen LogP contribution in [-0.4, -0.2) is 25.8 Å². The third-order valence-corrected chi connectivity index (χ3v) is 7.60. The van der Waals surface area contributed by atoms with E-state index in [1.54, 1.807) is 20.0 Å². The van der Waals surface area contributed by atoms with Crippen LogP contribution in [0.5, 0.6) is 0 Å². The van der Waals surface area contributed by atoms with Gasteiger partial charge in [-0.2, -0.15) is 0 Å². The number of aromatic nitrogens is 2. The van der Waals surface area contributed by atoms with Crippen LogP contribution >= 0.6 is 23.4 Å². The Kier molecular flexibility index (Phi) is 6.92. The largest absolute Gasteiger partial charge is 0.433 e. The van der Waals surface area contributed by atoms with Gasteiger partial charge in [-0.05, 0) is 107 Å². The van der Waals surface area contributed by atoms with Crippen LogP contribution in [0.25, 0.3) is 11.3 Å². The van der Waals surface area contributed by atoms with E-state index in [4.69, 9.17) is 21.0 Å². The number of benzene rings is 1. The molecule has 0 saturated heterocycles. The van der Waals surface area contributed by atoms with Gasteiger partial charge < -0.3 is 14.6 Å². The van der Waals surface area contributed by atoms with Crippen molar-refractivity contribution in [3.05, 3.63) is 59.2 Å². The van der Waals surface area contributed by atoms with Crippen molar-refractivity contribution in [2.75, 3.05) is 0 Å². The van der Waals surface area contributed by atoms with Crippen molar-refractivity contribution < 1.29 is 14.6 Å². The number of rotatable bonds is 6. The molecule has 33 heavy (non-hydrogen) atoms. The van der Waals surface area contributed by atoms with Gasteiger partial charge in [-0.15, -0.1) is 0 Å². The van der Waals surface area contributed by atoms with Gasteiger partial charge in [-0.1, -0.05) is 11.6 Å². The Morgan fingerprint density at radius 2 is 1.64 bits per heavy atom. The second kappa shape index (κ2) is 9.41. The number of hydrogen-bond donors (Lipinski definition) is 2. The van der Waals surface area contributed by atoms with E-state index in [0.29, 0.717) is 16.6 Å². The molecule has 1 aliphatic rings. The normalized spacial score (nSPS) is 19.6. The lowest BCUT2D eigenvalue weighted by atomic mass is 9.75. The van der Waals surface area contributed by atoms with Crippen molar-refractivity contribution in [3.8, 4) is 11.3 Å². The van der Waals surface area contributed by atoms with Crippen molar-refractivity contribution in [1.82, 2.24) is 9.97 Å². The molecule has 0 bridgehead atoms. The number of pyridine rings is 1. The van der Waals surface area contributed by atoms with E-state index < -0.39 is 11.2 Å². The minimum absolute atomic E-state index is 0.227. The highest BCUT2D eigenvalue weighted by molar-refractivity contribution is 7.99. The van der Waals surface area contributed by atoms with Gasteiger partial charge in [0.25, 0.3) is 0 Å². The van der Waals surface area contributed by atoms with Gasteiger partial charge in [0.15, 0.2) is 11.0 Å². The van der Waals surface area contributed by atoms with Gasteiger partial charge in [0.1, 0.15) is 11.3 Å². The number of oxazole rings is 1. The summed E-state index contributed by atoms with van der Waals surface area (Å²) in [6, 6.07) is 11.4. The van der Waals surface area contributed by atoms with E-state index in [2.05, 4.69) is 4.98 Å². The molecular formula is C26H31ClN2O3S. The maximum Gasteiger partial charge on any atom is 0.199 e. The zero-order chi connectivity index (χ0) is 23.8. The molecule has 0 aliphatic heterocycles.